The van der Waals surface area contributed by atoms with Gasteiger partial charge in [0, 0.05) is 0 Å². The van der Waals surface area contributed by atoms with Crippen molar-refractivity contribution >= 4 is 0 Å². The van der Waals surface area contributed by atoms with E-state index in [1.807, 2.05) is 36.4 Å². The maximum atomic E-state index is 6.00. The van der Waals surface area contributed by atoms with Crippen molar-refractivity contribution in [1.82, 2.24) is 0 Å². The van der Waals surface area contributed by atoms with Crippen molar-refractivity contribution in [3.63, 3.8) is 0 Å². The van der Waals surface area contributed by atoms with Gasteiger partial charge < -0.3 is 0 Å². The monoisotopic (exact) mass is 218 g/mol. The average molecular weight is 218 g/mol. The highest BCUT2D eigenvalue weighted by molar-refractivity contribution is 5.12. The highest BCUT2D eigenvalue weighted by Crippen LogP contribution is 1.92. The van der Waals surface area contributed by atoms with Crippen LogP contribution in [0.2, 0.25) is 0 Å². The molecule has 0 saturated heterocycles. The molecule has 2 N–H and O–H groups in total. The van der Waals surface area contributed by atoms with E-state index in [1.54, 1.807) is 0 Å². The van der Waals surface area contributed by atoms with Crippen molar-refractivity contribution in [1.29, 1.82) is 0 Å². The van der Waals surface area contributed by atoms with E-state index in [2.05, 4.69) is 38.1 Å². The van der Waals surface area contributed by atoms with E-state index >= 15 is 0 Å². The lowest BCUT2D eigenvalue weighted by atomic mass is 10.2. The van der Waals surface area contributed by atoms with E-state index in [0.717, 1.165) is 0 Å². The van der Waals surface area contributed by atoms with Crippen molar-refractivity contribution in [2.75, 3.05) is 0 Å². The van der Waals surface area contributed by atoms with Crippen molar-refractivity contribution < 1.29 is 10.5 Å². The van der Waals surface area contributed by atoms with Crippen molar-refractivity contribution in [2.45, 2.75) is 13.8 Å². The topological polar surface area (TPSA) is 40.5 Å². The second kappa shape index (κ2) is 9.90. The van der Waals surface area contributed by atoms with Gasteiger partial charge in [-0.25, -0.2) is 0 Å². The second-order valence-corrected chi connectivity index (χ2v) is 3.31. The first-order valence-corrected chi connectivity index (χ1v) is 5.02. The van der Waals surface area contributed by atoms with Gasteiger partial charge in [0.25, 0.3) is 0 Å². The van der Waals surface area contributed by atoms with Gasteiger partial charge in [-0.15, -0.1) is 0 Å². The van der Waals surface area contributed by atoms with Crippen LogP contribution in [0, 0.1) is 13.8 Å². The molecular formula is C14H18O2. The Kier molecular flexibility index (Phi) is 8.88. The van der Waals surface area contributed by atoms with Gasteiger partial charge in [0.05, 0.1) is 0 Å². The molecule has 0 bridgehead atoms. The zero-order chi connectivity index (χ0) is 12.2. The number of hydrogen-bond acceptors (Lipinski definition) is 2. The molecule has 0 heterocycles. The second-order valence-electron chi connectivity index (χ2n) is 3.31. The van der Waals surface area contributed by atoms with Crippen LogP contribution in [0.1, 0.15) is 11.1 Å². The highest BCUT2D eigenvalue weighted by atomic mass is 17.0. The van der Waals surface area contributed by atoms with Gasteiger partial charge in [0.15, 0.2) is 0 Å². The molecular weight excluding hydrogens is 200 g/mol. The fourth-order valence-corrected chi connectivity index (χ4v) is 1.07. The zero-order valence-electron chi connectivity index (χ0n) is 9.67. The third-order valence-corrected chi connectivity index (χ3v) is 1.88. The van der Waals surface area contributed by atoms with Gasteiger partial charge >= 0.3 is 0 Å². The minimum atomic E-state index is 1.32. The maximum absolute atomic E-state index is 6.00. The Bertz CT molecular complexity index is 306. The lowest BCUT2D eigenvalue weighted by Gasteiger charge is -1.82. The van der Waals surface area contributed by atoms with Crippen LogP contribution in [-0.2, 0) is 0 Å². The van der Waals surface area contributed by atoms with Crippen LogP contribution in [0.15, 0.2) is 60.7 Å². The van der Waals surface area contributed by atoms with Crippen LogP contribution in [0.4, 0.5) is 0 Å². The third-order valence-electron chi connectivity index (χ3n) is 1.88. The summed E-state index contributed by atoms with van der Waals surface area (Å²) in [5.41, 5.74) is 2.64. The molecule has 2 rings (SSSR count). The first kappa shape index (κ1) is 14.4. The summed E-state index contributed by atoms with van der Waals surface area (Å²) in [5.74, 6) is 0. The van der Waals surface area contributed by atoms with Crippen LogP contribution in [-0.4, -0.2) is 10.5 Å². The highest BCUT2D eigenvalue weighted by Gasteiger charge is 1.72. The van der Waals surface area contributed by atoms with E-state index in [4.69, 9.17) is 10.5 Å². The molecule has 86 valence electrons. The molecule has 0 aromatic heterocycles. The Morgan fingerprint density at radius 3 is 0.938 bits per heavy atom. The van der Waals surface area contributed by atoms with Gasteiger partial charge in [0.2, 0.25) is 0 Å². The Hall–Kier alpha value is -1.64. The molecule has 2 aromatic carbocycles. The number of rotatable bonds is 0. The Morgan fingerprint density at radius 2 is 0.812 bits per heavy atom. The molecule has 0 aliphatic heterocycles. The van der Waals surface area contributed by atoms with E-state index in [9.17, 15) is 0 Å². The van der Waals surface area contributed by atoms with Crippen LogP contribution in [0.25, 0.3) is 0 Å². The molecule has 0 unspecified atom stereocenters. The Balaban J connectivity index is 0.000000244. The predicted octanol–water partition coefficient (Wildman–Crippen LogP) is 4.01. The third kappa shape index (κ3) is 7.74. The molecule has 0 spiro atoms. The largest absolute Gasteiger partial charge is 0.255 e. The fourth-order valence-electron chi connectivity index (χ4n) is 1.07. The quantitative estimate of drug-likeness (QED) is 0.518. The summed E-state index contributed by atoms with van der Waals surface area (Å²) in [6.07, 6.45) is 0. The van der Waals surface area contributed by atoms with Crippen molar-refractivity contribution in [3.8, 4) is 0 Å². The summed E-state index contributed by atoms with van der Waals surface area (Å²) < 4.78 is 0. The van der Waals surface area contributed by atoms with Gasteiger partial charge in [0.1, 0.15) is 0 Å². The van der Waals surface area contributed by atoms with Gasteiger partial charge in [-0.3, -0.25) is 10.5 Å². The summed E-state index contributed by atoms with van der Waals surface area (Å²) in [6, 6.07) is 20.5. The molecule has 2 aromatic rings. The number of benzene rings is 2. The first-order chi connectivity index (χ1) is 7.79. The van der Waals surface area contributed by atoms with Crippen molar-refractivity contribution in [3.05, 3.63) is 71.8 Å². The van der Waals surface area contributed by atoms with E-state index in [-0.39, 0.29) is 0 Å². The summed E-state index contributed by atoms with van der Waals surface area (Å²) >= 11 is 0. The lowest BCUT2D eigenvalue weighted by Crippen LogP contribution is -1.62. The Morgan fingerprint density at radius 1 is 0.562 bits per heavy atom. The molecule has 0 saturated carbocycles. The molecule has 0 atom stereocenters. The standard InChI is InChI=1S/2C7H8.H2O2/c2*1-7-5-3-2-4-6-7;1-2/h2*2-6H,1H3;1-2H. The maximum Gasteiger partial charge on any atom is -0.0398 e. The normalized spacial score (nSPS) is 8.00. The van der Waals surface area contributed by atoms with Crippen LogP contribution < -0.4 is 0 Å². The smallest absolute Gasteiger partial charge is 0.0398 e. The summed E-state index contributed by atoms with van der Waals surface area (Å²) in [5, 5.41) is 12.0. The molecule has 0 aliphatic rings. The summed E-state index contributed by atoms with van der Waals surface area (Å²) in [7, 11) is 0. The van der Waals surface area contributed by atoms with Crippen LogP contribution in [0.3, 0.4) is 0 Å². The molecule has 2 nitrogen and oxygen atoms in total. The molecule has 0 amide bonds. The zero-order valence-corrected chi connectivity index (χ0v) is 9.67. The average Bonchev–Trinajstić information content (AvgIpc) is 2.34. The van der Waals surface area contributed by atoms with Gasteiger partial charge in [-0.1, -0.05) is 71.8 Å². The molecule has 0 fully saturated rings. The minimum absolute atomic E-state index is 1.32. The van der Waals surface area contributed by atoms with Gasteiger partial charge in [-0.2, -0.15) is 0 Å². The summed E-state index contributed by atoms with van der Waals surface area (Å²) in [6.45, 7) is 4.17. The minimum Gasteiger partial charge on any atom is -0.255 e. The first-order valence-electron chi connectivity index (χ1n) is 5.02. The molecule has 0 aliphatic carbocycles. The van der Waals surface area contributed by atoms with E-state index < -0.39 is 0 Å². The molecule has 2 heteroatoms. The lowest BCUT2D eigenvalue weighted by molar-refractivity contribution is -0.176. The van der Waals surface area contributed by atoms with Crippen molar-refractivity contribution in [2.24, 2.45) is 0 Å². The fraction of sp³-hybridized carbons (Fsp3) is 0.143. The van der Waals surface area contributed by atoms with Crippen LogP contribution >= 0.6 is 0 Å². The Labute approximate surface area is 96.7 Å². The van der Waals surface area contributed by atoms with E-state index in [1.165, 1.54) is 11.1 Å². The van der Waals surface area contributed by atoms with Crippen LogP contribution in [0.5, 0.6) is 0 Å². The summed E-state index contributed by atoms with van der Waals surface area (Å²) in [4.78, 5) is 0. The SMILES string of the molecule is Cc1ccccc1.Cc1ccccc1.OO. The molecule has 16 heavy (non-hydrogen) atoms. The number of hydrogen-bond donors (Lipinski definition) is 2. The number of aryl methyl sites for hydroxylation is 2. The van der Waals surface area contributed by atoms with E-state index in [0.29, 0.717) is 0 Å². The molecule has 0 radical (unpaired) electrons. The van der Waals surface area contributed by atoms with Gasteiger partial charge in [-0.05, 0) is 13.8 Å². The predicted molar refractivity (Wildman–Crippen MR) is 67.6 cm³/mol.